The first kappa shape index (κ1) is 21.1. The van der Waals surface area contributed by atoms with Crippen LogP contribution in [-0.4, -0.2) is 0 Å². The number of hydrogen-bond acceptors (Lipinski definition) is 5. The second-order valence-corrected chi connectivity index (χ2v) is 5.22. The Balaban J connectivity index is 2.52. The molecule has 0 aliphatic rings. The van der Waals surface area contributed by atoms with Gasteiger partial charge in [0.25, 0.3) is 0 Å². The number of rotatable bonds is 4. The van der Waals surface area contributed by atoms with Crippen molar-refractivity contribution in [3.63, 3.8) is 0 Å². The van der Waals surface area contributed by atoms with E-state index in [9.17, 15) is 26.3 Å². The van der Waals surface area contributed by atoms with E-state index >= 15 is 0 Å². The first-order valence-electron chi connectivity index (χ1n) is 7.36. The molecule has 146 valence electrons. The maximum absolute atomic E-state index is 14.0. The number of nitriles is 3. The molecule has 0 fully saturated rings. The fourth-order valence-corrected chi connectivity index (χ4v) is 2.04. The minimum atomic E-state index is -5.00. The van der Waals surface area contributed by atoms with Crippen LogP contribution >= 0.6 is 0 Å². The molecular weight excluding hydrogens is 402 g/mol. The highest BCUT2D eigenvalue weighted by Gasteiger charge is 2.33. The number of ether oxygens (including phenoxy) is 1. The van der Waals surface area contributed by atoms with Crippen molar-refractivity contribution in [1.29, 1.82) is 15.8 Å². The topological polar surface area (TPSA) is 92.6 Å². The summed E-state index contributed by atoms with van der Waals surface area (Å²) in [4.78, 5) is 0. The molecule has 0 spiro atoms. The van der Waals surface area contributed by atoms with Gasteiger partial charge in [0, 0.05) is 6.07 Å². The molecule has 0 aliphatic carbocycles. The minimum Gasteiger partial charge on any atom is -0.449 e. The average Bonchev–Trinajstić information content (AvgIpc) is 2.65. The molecule has 0 radical (unpaired) electrons. The number of halogens is 6. The molecule has 2 rings (SSSR count). The minimum absolute atomic E-state index is 0.0130. The van der Waals surface area contributed by atoms with Crippen LogP contribution in [-0.2, 0) is 6.18 Å². The van der Waals surface area contributed by atoms with E-state index in [1.165, 1.54) is 18.2 Å². The van der Waals surface area contributed by atoms with E-state index in [2.05, 4.69) is 5.32 Å². The van der Waals surface area contributed by atoms with Gasteiger partial charge in [0.1, 0.15) is 29.7 Å². The Labute approximate surface area is 159 Å². The van der Waals surface area contributed by atoms with Crippen molar-refractivity contribution in [3.8, 4) is 29.7 Å². The fourth-order valence-electron chi connectivity index (χ4n) is 2.04. The Morgan fingerprint density at radius 2 is 1.48 bits per heavy atom. The smallest absolute Gasteiger partial charge is 0.416 e. The molecule has 2 aromatic carbocycles. The summed E-state index contributed by atoms with van der Waals surface area (Å²) in [6.07, 6.45) is -5.00. The lowest BCUT2D eigenvalue weighted by Crippen LogP contribution is -2.08. The molecule has 11 heteroatoms. The second-order valence-electron chi connectivity index (χ2n) is 5.22. The van der Waals surface area contributed by atoms with E-state index in [-0.39, 0.29) is 12.1 Å². The Bertz CT molecular complexity index is 1080. The van der Waals surface area contributed by atoms with E-state index in [4.69, 9.17) is 20.5 Å². The number of hydrogen-bond donors (Lipinski definition) is 1. The van der Waals surface area contributed by atoms with Gasteiger partial charge in [-0.1, -0.05) is 0 Å². The van der Waals surface area contributed by atoms with Gasteiger partial charge in [-0.2, -0.15) is 29.0 Å². The van der Waals surface area contributed by atoms with Crippen molar-refractivity contribution in [2.45, 2.75) is 6.18 Å². The number of alkyl halides is 3. The Kier molecular flexibility index (Phi) is 6.00. The Hall–Kier alpha value is -4.17. The molecular formula is C18H6F6N4O. The van der Waals surface area contributed by atoms with Gasteiger partial charge in [0.2, 0.25) is 0 Å². The van der Waals surface area contributed by atoms with Crippen molar-refractivity contribution >= 4 is 5.69 Å². The number of nitrogens with one attached hydrogen (secondary N) is 1. The third-order valence-corrected chi connectivity index (χ3v) is 3.32. The lowest BCUT2D eigenvalue weighted by atomic mass is 10.2. The van der Waals surface area contributed by atoms with Crippen LogP contribution in [0.3, 0.4) is 0 Å². The van der Waals surface area contributed by atoms with Crippen LogP contribution < -0.4 is 10.1 Å². The standard InChI is InChI=1S/C18H6F6N4O/c19-11-1-2-16(14(5-11)28-15(8-27)9(6-25)7-26)29-17-12(20)3-10(4-13(17)21)18(22,23)24/h1-5,28H. The molecule has 0 aromatic heterocycles. The largest absolute Gasteiger partial charge is 0.449 e. The van der Waals surface area contributed by atoms with E-state index in [1.54, 1.807) is 0 Å². The molecule has 0 heterocycles. The van der Waals surface area contributed by atoms with Gasteiger partial charge in [0.15, 0.2) is 28.7 Å². The lowest BCUT2D eigenvalue weighted by Gasteiger charge is -2.15. The number of benzene rings is 2. The molecule has 1 N–H and O–H groups in total. The van der Waals surface area contributed by atoms with Gasteiger partial charge in [0.05, 0.1) is 11.3 Å². The normalized spacial score (nSPS) is 10.3. The Morgan fingerprint density at radius 1 is 0.897 bits per heavy atom. The van der Waals surface area contributed by atoms with Crippen LogP contribution in [0.2, 0.25) is 0 Å². The van der Waals surface area contributed by atoms with Gasteiger partial charge >= 0.3 is 6.18 Å². The summed E-state index contributed by atoms with van der Waals surface area (Å²) in [6, 6.07) is 6.75. The van der Waals surface area contributed by atoms with Gasteiger partial charge in [-0.3, -0.25) is 0 Å². The highest BCUT2D eigenvalue weighted by Crippen LogP contribution is 2.37. The van der Waals surface area contributed by atoms with Gasteiger partial charge in [-0.25, -0.2) is 13.2 Å². The first-order chi connectivity index (χ1) is 13.6. The summed E-state index contributed by atoms with van der Waals surface area (Å²) >= 11 is 0. The third kappa shape index (κ3) is 4.76. The van der Waals surface area contributed by atoms with Crippen molar-refractivity contribution in [1.82, 2.24) is 0 Å². The molecule has 0 saturated heterocycles. The van der Waals surface area contributed by atoms with E-state index in [0.29, 0.717) is 0 Å². The van der Waals surface area contributed by atoms with Crippen molar-refractivity contribution in [3.05, 3.63) is 64.6 Å². The van der Waals surface area contributed by atoms with Crippen LogP contribution in [0.4, 0.5) is 32.0 Å². The zero-order valence-electron chi connectivity index (χ0n) is 13.9. The number of anilines is 1. The van der Waals surface area contributed by atoms with Crippen LogP contribution in [0.25, 0.3) is 0 Å². The van der Waals surface area contributed by atoms with Crippen LogP contribution in [0.15, 0.2) is 41.6 Å². The summed E-state index contributed by atoms with van der Waals surface area (Å²) < 4.78 is 84.4. The quantitative estimate of drug-likeness (QED) is 0.558. The van der Waals surface area contributed by atoms with Gasteiger partial charge in [-0.15, -0.1) is 0 Å². The van der Waals surface area contributed by atoms with Crippen molar-refractivity contribution < 1.29 is 31.1 Å². The fraction of sp³-hybridized carbons (Fsp3) is 0.0556. The highest BCUT2D eigenvalue weighted by molar-refractivity contribution is 5.65. The second kappa shape index (κ2) is 8.24. The molecule has 0 unspecified atom stereocenters. The number of allylic oxidation sites excluding steroid dienone is 2. The van der Waals surface area contributed by atoms with Gasteiger partial charge < -0.3 is 10.1 Å². The SMILES string of the molecule is N#CC(C#N)=C(C#N)Nc1cc(F)ccc1Oc1c(F)cc(C(F)(F)F)cc1F. The zero-order chi connectivity index (χ0) is 21.8. The molecule has 29 heavy (non-hydrogen) atoms. The maximum atomic E-state index is 14.0. The van der Waals surface area contributed by atoms with E-state index in [0.717, 1.165) is 18.2 Å². The van der Waals surface area contributed by atoms with Crippen LogP contribution in [0.1, 0.15) is 5.56 Å². The van der Waals surface area contributed by atoms with Crippen molar-refractivity contribution in [2.24, 2.45) is 0 Å². The number of nitrogens with zero attached hydrogens (tertiary/aromatic N) is 3. The summed E-state index contributed by atoms with van der Waals surface area (Å²) in [5.74, 6) is -5.96. The van der Waals surface area contributed by atoms with Gasteiger partial charge in [-0.05, 0) is 24.3 Å². The summed E-state index contributed by atoms with van der Waals surface area (Å²) in [5, 5.41) is 28.9. The van der Waals surface area contributed by atoms with Crippen LogP contribution in [0, 0.1) is 51.4 Å². The third-order valence-electron chi connectivity index (χ3n) is 3.32. The molecule has 0 bridgehead atoms. The summed E-state index contributed by atoms with van der Waals surface area (Å²) in [6.45, 7) is 0. The predicted octanol–water partition coefficient (Wildman–Crippen LogP) is 5.15. The molecule has 0 saturated carbocycles. The molecule has 2 aromatic rings. The lowest BCUT2D eigenvalue weighted by molar-refractivity contribution is -0.138. The van der Waals surface area contributed by atoms with Crippen molar-refractivity contribution in [2.75, 3.05) is 5.32 Å². The van der Waals surface area contributed by atoms with E-state index in [1.807, 2.05) is 0 Å². The molecule has 0 amide bonds. The maximum Gasteiger partial charge on any atom is 0.416 e. The van der Waals surface area contributed by atoms with Crippen LogP contribution in [0.5, 0.6) is 11.5 Å². The molecule has 5 nitrogen and oxygen atoms in total. The Morgan fingerprint density at radius 3 is 1.97 bits per heavy atom. The van der Waals surface area contributed by atoms with E-state index < -0.39 is 57.6 Å². The monoisotopic (exact) mass is 408 g/mol. The highest BCUT2D eigenvalue weighted by atomic mass is 19.4. The summed E-state index contributed by atoms with van der Waals surface area (Å²) in [5.41, 5.74) is -3.28. The zero-order valence-corrected chi connectivity index (χ0v) is 13.9. The first-order valence-corrected chi connectivity index (χ1v) is 7.36. The summed E-state index contributed by atoms with van der Waals surface area (Å²) in [7, 11) is 0. The molecule has 0 atom stereocenters. The average molecular weight is 408 g/mol. The predicted molar refractivity (Wildman–Crippen MR) is 85.3 cm³/mol. The molecule has 0 aliphatic heterocycles.